The van der Waals surface area contributed by atoms with E-state index in [0.717, 1.165) is 5.92 Å². The number of piperidine rings is 3. The lowest BCUT2D eigenvalue weighted by molar-refractivity contribution is 0.0975. The van der Waals surface area contributed by atoms with Crippen LogP contribution >= 0.6 is 0 Å². The number of nitrogens with one attached hydrogen (secondary N) is 1. The molecule has 0 spiro atoms. The summed E-state index contributed by atoms with van der Waals surface area (Å²) in [6, 6.07) is 9.69. The van der Waals surface area contributed by atoms with Gasteiger partial charge in [0.15, 0.2) is 0 Å². The van der Waals surface area contributed by atoms with E-state index in [4.69, 9.17) is 0 Å². The van der Waals surface area contributed by atoms with E-state index in [1.807, 2.05) is 0 Å². The summed E-state index contributed by atoms with van der Waals surface area (Å²) >= 11 is 0. The number of rotatable bonds is 2. The molecule has 1 atom stereocenters. The fourth-order valence-corrected chi connectivity index (χ4v) is 3.41. The van der Waals surface area contributed by atoms with E-state index in [-0.39, 0.29) is 5.41 Å². The van der Waals surface area contributed by atoms with Gasteiger partial charge in [0.05, 0.1) is 0 Å². The molecular formula is C17H26N2. The summed E-state index contributed by atoms with van der Waals surface area (Å²) in [5, 5.41) is 3.75. The van der Waals surface area contributed by atoms with E-state index in [1.165, 1.54) is 43.7 Å². The summed E-state index contributed by atoms with van der Waals surface area (Å²) in [5.41, 5.74) is 2.94. The van der Waals surface area contributed by atoms with Gasteiger partial charge in [0.2, 0.25) is 0 Å². The average molecular weight is 258 g/mol. The fourth-order valence-electron chi connectivity index (χ4n) is 3.41. The third-order valence-electron chi connectivity index (χ3n) is 4.76. The molecule has 3 aliphatic rings. The Labute approximate surface area is 117 Å². The van der Waals surface area contributed by atoms with Crippen LogP contribution in [0.5, 0.6) is 0 Å². The van der Waals surface area contributed by atoms with Gasteiger partial charge in [-0.3, -0.25) is 0 Å². The molecule has 3 heterocycles. The van der Waals surface area contributed by atoms with Crippen LogP contribution < -0.4 is 5.32 Å². The van der Waals surface area contributed by atoms with E-state index in [9.17, 15) is 0 Å². The number of fused-ring (bicyclic) bond motifs is 3. The zero-order chi connectivity index (χ0) is 13.5. The highest BCUT2D eigenvalue weighted by Crippen LogP contribution is 2.30. The smallest absolute Gasteiger partial charge is 0.0417 e. The molecule has 1 unspecified atom stereocenters. The molecular weight excluding hydrogens is 232 g/mol. The van der Waals surface area contributed by atoms with Gasteiger partial charge in [-0.05, 0) is 55.0 Å². The lowest BCUT2D eigenvalue weighted by atomic mass is 9.83. The van der Waals surface area contributed by atoms with Crippen LogP contribution in [-0.4, -0.2) is 30.6 Å². The van der Waals surface area contributed by atoms with Crippen LogP contribution in [0.2, 0.25) is 0 Å². The topological polar surface area (TPSA) is 15.3 Å². The predicted octanol–water partition coefficient (Wildman–Crippen LogP) is 3.49. The quantitative estimate of drug-likeness (QED) is 0.873. The minimum Gasteiger partial charge on any atom is -0.381 e. The van der Waals surface area contributed by atoms with Crippen LogP contribution in [0, 0.1) is 5.92 Å². The van der Waals surface area contributed by atoms with Crippen molar-refractivity contribution in [1.29, 1.82) is 0 Å². The second kappa shape index (κ2) is 4.82. The van der Waals surface area contributed by atoms with Crippen molar-refractivity contribution in [3.63, 3.8) is 0 Å². The summed E-state index contributed by atoms with van der Waals surface area (Å²) in [4.78, 5) is 2.60. The molecule has 1 aromatic rings. The van der Waals surface area contributed by atoms with Gasteiger partial charge < -0.3 is 10.2 Å². The highest BCUT2D eigenvalue weighted by atomic mass is 15.2. The van der Waals surface area contributed by atoms with E-state index >= 15 is 0 Å². The summed E-state index contributed by atoms with van der Waals surface area (Å²) in [5.74, 6) is 0.882. The Kier molecular flexibility index (Phi) is 3.30. The molecule has 0 aromatic heterocycles. The molecule has 19 heavy (non-hydrogen) atoms. The fraction of sp³-hybridized carbons (Fsp3) is 0.647. The first-order valence-corrected chi connectivity index (χ1v) is 7.62. The lowest BCUT2D eigenvalue weighted by Crippen LogP contribution is -2.53. The average Bonchev–Trinajstić information content (AvgIpc) is 2.40. The first kappa shape index (κ1) is 13.0. The lowest BCUT2D eigenvalue weighted by Gasteiger charge is -2.45. The summed E-state index contributed by atoms with van der Waals surface area (Å²) in [6.45, 7) is 10.7. The number of hydrogen-bond acceptors (Lipinski definition) is 2. The Hall–Kier alpha value is -1.02. The van der Waals surface area contributed by atoms with Crippen LogP contribution in [-0.2, 0) is 5.41 Å². The molecule has 3 saturated heterocycles. The molecule has 104 valence electrons. The molecule has 0 aliphatic carbocycles. The predicted molar refractivity (Wildman–Crippen MR) is 81.7 cm³/mol. The first-order valence-electron chi connectivity index (χ1n) is 7.62. The highest BCUT2D eigenvalue weighted by molar-refractivity contribution is 5.47. The van der Waals surface area contributed by atoms with E-state index in [2.05, 4.69) is 55.3 Å². The molecule has 0 saturated carbocycles. The van der Waals surface area contributed by atoms with Gasteiger partial charge in [0.25, 0.3) is 0 Å². The van der Waals surface area contributed by atoms with Crippen LogP contribution in [0.25, 0.3) is 0 Å². The van der Waals surface area contributed by atoms with Crippen LogP contribution in [0.3, 0.4) is 0 Å². The SMILES string of the molecule is CC(C)(C)c1ccc(NC2CN3CCC2CC3)cc1. The Morgan fingerprint density at radius 3 is 2.16 bits per heavy atom. The van der Waals surface area contributed by atoms with Crippen molar-refractivity contribution in [1.82, 2.24) is 4.90 Å². The first-order chi connectivity index (χ1) is 9.02. The monoisotopic (exact) mass is 258 g/mol. The molecule has 0 radical (unpaired) electrons. The summed E-state index contributed by atoms with van der Waals surface area (Å²) in [6.07, 6.45) is 2.75. The molecule has 2 heteroatoms. The molecule has 3 fully saturated rings. The third-order valence-corrected chi connectivity index (χ3v) is 4.76. The number of anilines is 1. The molecule has 2 bridgehead atoms. The van der Waals surface area contributed by atoms with Gasteiger partial charge in [-0.15, -0.1) is 0 Å². The Morgan fingerprint density at radius 2 is 1.68 bits per heavy atom. The maximum Gasteiger partial charge on any atom is 0.0417 e. The zero-order valence-corrected chi connectivity index (χ0v) is 12.4. The molecule has 3 aliphatic heterocycles. The van der Waals surface area contributed by atoms with Crippen molar-refractivity contribution in [3.05, 3.63) is 29.8 Å². The number of hydrogen-bond donors (Lipinski definition) is 1. The maximum atomic E-state index is 3.75. The van der Waals surface area contributed by atoms with Gasteiger partial charge in [-0.2, -0.15) is 0 Å². The van der Waals surface area contributed by atoms with Crippen molar-refractivity contribution in [2.75, 3.05) is 25.0 Å². The standard InChI is InChI=1S/C17H26N2/c1-17(2,3)14-4-6-15(7-5-14)18-16-12-19-10-8-13(16)9-11-19/h4-7,13,16,18H,8-12H2,1-3H3. The molecule has 1 N–H and O–H groups in total. The second-order valence-corrected chi connectivity index (χ2v) is 7.22. The van der Waals surface area contributed by atoms with Crippen molar-refractivity contribution in [2.45, 2.75) is 45.1 Å². The van der Waals surface area contributed by atoms with Crippen LogP contribution in [0.1, 0.15) is 39.2 Å². The van der Waals surface area contributed by atoms with Crippen molar-refractivity contribution in [2.24, 2.45) is 5.92 Å². The molecule has 0 amide bonds. The largest absolute Gasteiger partial charge is 0.381 e. The van der Waals surface area contributed by atoms with Gasteiger partial charge >= 0.3 is 0 Å². The van der Waals surface area contributed by atoms with Crippen LogP contribution in [0.15, 0.2) is 24.3 Å². The minimum absolute atomic E-state index is 0.244. The highest BCUT2D eigenvalue weighted by Gasteiger charge is 2.33. The normalized spacial score (nSPS) is 30.4. The molecule has 4 rings (SSSR count). The Balaban J connectivity index is 1.67. The number of benzene rings is 1. The van der Waals surface area contributed by atoms with Crippen LogP contribution in [0.4, 0.5) is 5.69 Å². The van der Waals surface area contributed by atoms with E-state index in [1.54, 1.807) is 0 Å². The van der Waals surface area contributed by atoms with E-state index in [0.29, 0.717) is 6.04 Å². The number of nitrogens with zero attached hydrogens (tertiary/aromatic N) is 1. The third kappa shape index (κ3) is 2.79. The van der Waals surface area contributed by atoms with Gasteiger partial charge in [0.1, 0.15) is 0 Å². The van der Waals surface area contributed by atoms with Gasteiger partial charge in [0, 0.05) is 18.3 Å². The Morgan fingerprint density at radius 1 is 1.05 bits per heavy atom. The summed E-state index contributed by atoms with van der Waals surface area (Å²) in [7, 11) is 0. The summed E-state index contributed by atoms with van der Waals surface area (Å²) < 4.78 is 0. The van der Waals surface area contributed by atoms with Gasteiger partial charge in [-0.1, -0.05) is 32.9 Å². The van der Waals surface area contributed by atoms with Crippen molar-refractivity contribution >= 4 is 5.69 Å². The second-order valence-electron chi connectivity index (χ2n) is 7.22. The molecule has 2 nitrogen and oxygen atoms in total. The van der Waals surface area contributed by atoms with Crippen molar-refractivity contribution < 1.29 is 0 Å². The molecule has 1 aromatic carbocycles. The zero-order valence-electron chi connectivity index (χ0n) is 12.4. The van der Waals surface area contributed by atoms with Crippen molar-refractivity contribution in [3.8, 4) is 0 Å². The van der Waals surface area contributed by atoms with E-state index < -0.39 is 0 Å². The minimum atomic E-state index is 0.244. The Bertz CT molecular complexity index is 422. The van der Waals surface area contributed by atoms with Gasteiger partial charge in [-0.25, -0.2) is 0 Å². The maximum absolute atomic E-state index is 3.75.